The van der Waals surface area contributed by atoms with Crippen molar-refractivity contribution >= 4 is 29.1 Å². The molecule has 8 heteroatoms. The number of hydrogen-bond donors (Lipinski definition) is 3. The molecule has 1 fully saturated rings. The molecule has 0 radical (unpaired) electrons. The fraction of sp³-hybridized carbons (Fsp3) is 0.611. The van der Waals surface area contributed by atoms with E-state index < -0.39 is 6.04 Å². The average molecular weight is 381 g/mol. The number of carbonyl (C=O) groups is 3. The van der Waals surface area contributed by atoms with E-state index in [2.05, 4.69) is 10.6 Å². The number of carbonyl (C=O) groups excluding carboxylic acids is 3. The third-order valence-electron chi connectivity index (χ3n) is 4.51. The first-order chi connectivity index (χ1) is 12.4. The van der Waals surface area contributed by atoms with E-state index in [4.69, 9.17) is 5.73 Å². The van der Waals surface area contributed by atoms with Crippen molar-refractivity contribution < 1.29 is 14.4 Å². The minimum atomic E-state index is -0.601. The Labute approximate surface area is 158 Å². The van der Waals surface area contributed by atoms with Crippen molar-refractivity contribution in [1.82, 2.24) is 15.5 Å². The molecule has 4 N–H and O–H groups in total. The van der Waals surface area contributed by atoms with E-state index in [0.29, 0.717) is 31.1 Å². The molecule has 2 heterocycles. The fourth-order valence-electron chi connectivity index (χ4n) is 3.06. The Morgan fingerprint density at radius 1 is 1.38 bits per heavy atom. The van der Waals surface area contributed by atoms with Crippen LogP contribution in [0.25, 0.3) is 0 Å². The minimum Gasteiger partial charge on any atom is -0.355 e. The lowest BCUT2D eigenvalue weighted by Gasteiger charge is -2.35. The number of nitrogens with two attached hydrogens (primary N) is 1. The van der Waals surface area contributed by atoms with Crippen LogP contribution in [0.5, 0.6) is 0 Å². The van der Waals surface area contributed by atoms with Gasteiger partial charge in [-0.3, -0.25) is 14.4 Å². The summed E-state index contributed by atoms with van der Waals surface area (Å²) in [4.78, 5) is 39.8. The SMILES string of the molecule is CC(C)C(NC(=O)c1cccs1)C(=O)N1CCCC(C(=O)NCCN)C1. The molecule has 0 spiro atoms. The van der Waals surface area contributed by atoms with Crippen LogP contribution in [0.1, 0.15) is 36.4 Å². The molecular formula is C18H28N4O3S. The van der Waals surface area contributed by atoms with Crippen LogP contribution in [0.2, 0.25) is 0 Å². The molecule has 3 amide bonds. The van der Waals surface area contributed by atoms with Crippen molar-refractivity contribution in [2.75, 3.05) is 26.2 Å². The zero-order valence-corrected chi connectivity index (χ0v) is 16.2. The predicted octanol–water partition coefficient (Wildman–Crippen LogP) is 0.816. The highest BCUT2D eigenvalue weighted by molar-refractivity contribution is 7.12. The summed E-state index contributed by atoms with van der Waals surface area (Å²) in [6.07, 6.45) is 1.53. The van der Waals surface area contributed by atoms with Crippen LogP contribution < -0.4 is 16.4 Å². The number of nitrogens with zero attached hydrogens (tertiary/aromatic N) is 1. The molecule has 1 aliphatic rings. The van der Waals surface area contributed by atoms with Gasteiger partial charge in [0, 0.05) is 26.2 Å². The van der Waals surface area contributed by atoms with E-state index >= 15 is 0 Å². The largest absolute Gasteiger partial charge is 0.355 e. The first kappa shape index (κ1) is 20.4. The summed E-state index contributed by atoms with van der Waals surface area (Å²) in [6, 6.07) is 2.94. The zero-order chi connectivity index (χ0) is 19.1. The molecule has 1 saturated heterocycles. The summed E-state index contributed by atoms with van der Waals surface area (Å²) in [5.41, 5.74) is 5.42. The van der Waals surface area contributed by atoms with Gasteiger partial charge >= 0.3 is 0 Å². The standard InChI is InChI=1S/C18H28N4O3S/c1-12(2)15(21-17(24)14-6-4-10-26-14)18(25)22-9-3-5-13(11-22)16(23)20-8-7-19/h4,6,10,12-13,15H,3,5,7-9,11,19H2,1-2H3,(H,20,23)(H,21,24). The van der Waals surface area contributed by atoms with Gasteiger partial charge in [0.2, 0.25) is 11.8 Å². The molecule has 1 aliphatic heterocycles. The normalized spacial score (nSPS) is 18.5. The molecule has 144 valence electrons. The summed E-state index contributed by atoms with van der Waals surface area (Å²) in [7, 11) is 0. The maximum atomic E-state index is 13.0. The lowest BCUT2D eigenvalue weighted by atomic mass is 9.95. The van der Waals surface area contributed by atoms with Crippen LogP contribution in [0.4, 0.5) is 0 Å². The third-order valence-corrected chi connectivity index (χ3v) is 5.38. The Hall–Kier alpha value is -1.93. The van der Waals surface area contributed by atoms with E-state index in [0.717, 1.165) is 12.8 Å². The van der Waals surface area contributed by atoms with Crippen molar-refractivity contribution in [3.8, 4) is 0 Å². The topological polar surface area (TPSA) is 105 Å². The van der Waals surface area contributed by atoms with Gasteiger partial charge in [-0.2, -0.15) is 0 Å². The highest BCUT2D eigenvalue weighted by Gasteiger charge is 2.34. The Balaban J connectivity index is 2.01. The second-order valence-electron chi connectivity index (χ2n) is 6.88. The number of piperidine rings is 1. The predicted molar refractivity (Wildman–Crippen MR) is 102 cm³/mol. The first-order valence-electron chi connectivity index (χ1n) is 9.05. The van der Waals surface area contributed by atoms with E-state index in [9.17, 15) is 14.4 Å². The molecule has 0 aromatic carbocycles. The van der Waals surface area contributed by atoms with Crippen molar-refractivity contribution in [2.24, 2.45) is 17.6 Å². The maximum Gasteiger partial charge on any atom is 0.262 e. The molecule has 0 aliphatic carbocycles. The summed E-state index contributed by atoms with van der Waals surface area (Å²) >= 11 is 1.34. The molecule has 1 aromatic heterocycles. The summed E-state index contributed by atoms with van der Waals surface area (Å²) < 4.78 is 0. The lowest BCUT2D eigenvalue weighted by Crippen LogP contribution is -2.54. The number of likely N-dealkylation sites (tertiary alicyclic amines) is 1. The van der Waals surface area contributed by atoms with Gasteiger partial charge < -0.3 is 21.3 Å². The van der Waals surface area contributed by atoms with Crippen molar-refractivity contribution in [3.05, 3.63) is 22.4 Å². The lowest BCUT2D eigenvalue weighted by molar-refractivity contribution is -0.138. The highest BCUT2D eigenvalue weighted by atomic mass is 32.1. The molecule has 1 aromatic rings. The van der Waals surface area contributed by atoms with Gasteiger partial charge in [0.15, 0.2) is 0 Å². The molecule has 2 rings (SSSR count). The van der Waals surface area contributed by atoms with Crippen LogP contribution in [0.3, 0.4) is 0 Å². The number of amides is 3. The van der Waals surface area contributed by atoms with Gasteiger partial charge in [0.25, 0.3) is 5.91 Å². The molecule has 2 unspecified atom stereocenters. The van der Waals surface area contributed by atoms with Crippen LogP contribution in [0, 0.1) is 11.8 Å². The van der Waals surface area contributed by atoms with E-state index in [-0.39, 0.29) is 29.6 Å². The number of thiophene rings is 1. The van der Waals surface area contributed by atoms with Gasteiger partial charge in [0.05, 0.1) is 10.8 Å². The second-order valence-corrected chi connectivity index (χ2v) is 7.82. The maximum absolute atomic E-state index is 13.0. The van der Waals surface area contributed by atoms with Gasteiger partial charge in [-0.05, 0) is 30.2 Å². The monoisotopic (exact) mass is 380 g/mol. The Bertz CT molecular complexity index is 618. The Morgan fingerprint density at radius 3 is 2.77 bits per heavy atom. The fourth-order valence-corrected chi connectivity index (χ4v) is 3.69. The van der Waals surface area contributed by atoms with Gasteiger partial charge in [-0.15, -0.1) is 11.3 Å². The Kier molecular flexibility index (Phi) is 7.59. The molecule has 26 heavy (non-hydrogen) atoms. The third kappa shape index (κ3) is 5.28. The molecule has 2 atom stereocenters. The number of nitrogens with one attached hydrogen (secondary N) is 2. The van der Waals surface area contributed by atoms with E-state index in [1.165, 1.54) is 11.3 Å². The minimum absolute atomic E-state index is 0.0437. The molecular weight excluding hydrogens is 352 g/mol. The van der Waals surface area contributed by atoms with E-state index in [1.807, 2.05) is 19.2 Å². The smallest absolute Gasteiger partial charge is 0.262 e. The van der Waals surface area contributed by atoms with Crippen LogP contribution >= 0.6 is 11.3 Å². The average Bonchev–Trinajstić information content (AvgIpc) is 3.18. The van der Waals surface area contributed by atoms with Gasteiger partial charge in [0.1, 0.15) is 6.04 Å². The van der Waals surface area contributed by atoms with E-state index in [1.54, 1.807) is 17.0 Å². The van der Waals surface area contributed by atoms with Crippen LogP contribution in [0.15, 0.2) is 17.5 Å². The quantitative estimate of drug-likeness (QED) is 0.651. The zero-order valence-electron chi connectivity index (χ0n) is 15.4. The number of hydrogen-bond acceptors (Lipinski definition) is 5. The Morgan fingerprint density at radius 2 is 2.15 bits per heavy atom. The second kappa shape index (κ2) is 9.68. The number of rotatable bonds is 7. The van der Waals surface area contributed by atoms with Gasteiger partial charge in [-0.1, -0.05) is 19.9 Å². The molecule has 0 saturated carbocycles. The molecule has 0 bridgehead atoms. The van der Waals surface area contributed by atoms with Gasteiger partial charge in [-0.25, -0.2) is 0 Å². The summed E-state index contributed by atoms with van der Waals surface area (Å²) in [5, 5.41) is 7.48. The molecule has 7 nitrogen and oxygen atoms in total. The van der Waals surface area contributed by atoms with Crippen molar-refractivity contribution in [1.29, 1.82) is 0 Å². The van der Waals surface area contributed by atoms with Crippen LogP contribution in [-0.2, 0) is 9.59 Å². The van der Waals surface area contributed by atoms with Crippen molar-refractivity contribution in [3.63, 3.8) is 0 Å². The first-order valence-corrected chi connectivity index (χ1v) is 9.93. The highest BCUT2D eigenvalue weighted by Crippen LogP contribution is 2.19. The van der Waals surface area contributed by atoms with Crippen LogP contribution in [-0.4, -0.2) is 54.8 Å². The summed E-state index contributed by atoms with van der Waals surface area (Å²) in [5.74, 6) is -0.683. The summed E-state index contributed by atoms with van der Waals surface area (Å²) in [6.45, 7) is 5.64. The van der Waals surface area contributed by atoms with Crippen molar-refractivity contribution in [2.45, 2.75) is 32.7 Å².